The summed E-state index contributed by atoms with van der Waals surface area (Å²) in [5, 5.41) is 4.16. The van der Waals surface area contributed by atoms with Crippen molar-refractivity contribution in [1.29, 1.82) is 0 Å². The normalized spacial score (nSPS) is 13.3. The zero-order valence-electron chi connectivity index (χ0n) is 18.9. The topological polar surface area (TPSA) is 53.9 Å². The number of carbonyl (C=O) groups excluding carboxylic acids is 1. The lowest BCUT2D eigenvalue weighted by Gasteiger charge is -2.31. The number of ether oxygens (including phenoxy) is 1. The largest absolute Gasteiger partial charge is 0.496 e. The highest BCUT2D eigenvalue weighted by atomic mass is 16.5. The molecule has 1 heterocycles. The second kappa shape index (κ2) is 12.1. The minimum absolute atomic E-state index is 0.0218. The molecule has 1 N–H and O–H groups in total. The van der Waals surface area contributed by atoms with Crippen LogP contribution in [-0.2, 0) is 17.8 Å². The SMILES string of the molecule is CCCCCCCC(=O)NN=Cc1ccc(OC)c(CN2CCCc3ccccc32)c1. The Bertz CT molecular complexity index is 879. The van der Waals surface area contributed by atoms with Gasteiger partial charge in [-0.25, -0.2) is 5.43 Å². The summed E-state index contributed by atoms with van der Waals surface area (Å²) in [6, 6.07) is 14.7. The predicted molar refractivity (Wildman–Crippen MR) is 128 cm³/mol. The first-order chi connectivity index (χ1) is 15.2. The van der Waals surface area contributed by atoms with Crippen LogP contribution < -0.4 is 15.1 Å². The Morgan fingerprint density at radius 3 is 2.84 bits per heavy atom. The summed E-state index contributed by atoms with van der Waals surface area (Å²) in [4.78, 5) is 14.4. The molecule has 0 saturated heterocycles. The van der Waals surface area contributed by atoms with Crippen LogP contribution in [0.3, 0.4) is 0 Å². The zero-order valence-corrected chi connectivity index (χ0v) is 18.9. The minimum atomic E-state index is -0.0218. The summed E-state index contributed by atoms with van der Waals surface area (Å²) in [5.41, 5.74) is 7.43. The number of methoxy groups -OCH3 is 1. The van der Waals surface area contributed by atoms with Gasteiger partial charge >= 0.3 is 0 Å². The molecule has 31 heavy (non-hydrogen) atoms. The van der Waals surface area contributed by atoms with E-state index >= 15 is 0 Å². The molecule has 0 atom stereocenters. The number of nitrogens with zero attached hydrogens (tertiary/aromatic N) is 2. The fraction of sp³-hybridized carbons (Fsp3) is 0.462. The Morgan fingerprint density at radius 1 is 1.16 bits per heavy atom. The van der Waals surface area contributed by atoms with Gasteiger partial charge in [0.05, 0.1) is 13.3 Å². The van der Waals surface area contributed by atoms with Crippen molar-refractivity contribution >= 4 is 17.8 Å². The van der Waals surface area contributed by atoms with Crippen molar-refractivity contribution in [3.05, 3.63) is 59.2 Å². The number of nitrogens with one attached hydrogen (secondary N) is 1. The molecule has 0 saturated carbocycles. The van der Waals surface area contributed by atoms with Crippen molar-refractivity contribution < 1.29 is 9.53 Å². The maximum atomic E-state index is 12.0. The molecule has 1 aliphatic rings. The van der Waals surface area contributed by atoms with Gasteiger partial charge in [-0.2, -0.15) is 5.10 Å². The minimum Gasteiger partial charge on any atom is -0.496 e. The third kappa shape index (κ3) is 6.84. The lowest BCUT2D eigenvalue weighted by atomic mass is 10.0. The van der Waals surface area contributed by atoms with E-state index in [1.807, 2.05) is 12.1 Å². The average Bonchev–Trinajstić information content (AvgIpc) is 2.79. The molecule has 1 aliphatic heterocycles. The van der Waals surface area contributed by atoms with E-state index < -0.39 is 0 Å². The van der Waals surface area contributed by atoms with Crippen LogP contribution in [0.1, 0.15) is 68.6 Å². The Morgan fingerprint density at radius 2 is 2.00 bits per heavy atom. The standard InChI is InChI=1S/C26H35N3O2/c1-3-4-5-6-7-14-26(30)28-27-19-21-15-16-25(31-2)23(18-21)20-29-17-10-12-22-11-8-9-13-24(22)29/h8-9,11,13,15-16,18-19H,3-7,10,12,14,17,20H2,1-2H3,(H,28,30). The molecule has 5 nitrogen and oxygen atoms in total. The number of benzene rings is 2. The second-order valence-corrected chi connectivity index (χ2v) is 8.18. The highest BCUT2D eigenvalue weighted by molar-refractivity contribution is 5.83. The highest BCUT2D eigenvalue weighted by Gasteiger charge is 2.18. The number of carbonyl (C=O) groups is 1. The zero-order chi connectivity index (χ0) is 21.9. The summed E-state index contributed by atoms with van der Waals surface area (Å²) in [5.74, 6) is 0.850. The number of para-hydroxylation sites is 1. The van der Waals surface area contributed by atoms with E-state index in [0.717, 1.165) is 55.6 Å². The first kappa shape index (κ1) is 22.9. The number of hydrogen-bond donors (Lipinski definition) is 1. The Hall–Kier alpha value is -2.82. The van der Waals surface area contributed by atoms with Crippen molar-refractivity contribution in [2.45, 2.75) is 64.8 Å². The van der Waals surface area contributed by atoms with E-state index in [2.05, 4.69) is 52.7 Å². The third-order valence-electron chi connectivity index (χ3n) is 5.78. The molecule has 2 aromatic carbocycles. The average molecular weight is 422 g/mol. The molecule has 0 fully saturated rings. The first-order valence-electron chi connectivity index (χ1n) is 11.5. The van der Waals surface area contributed by atoms with E-state index in [9.17, 15) is 4.79 Å². The van der Waals surface area contributed by atoms with Crippen LogP contribution in [0.25, 0.3) is 0 Å². The Kier molecular flexibility index (Phi) is 8.95. The van der Waals surface area contributed by atoms with E-state index in [1.54, 1.807) is 13.3 Å². The van der Waals surface area contributed by atoms with E-state index in [4.69, 9.17) is 4.74 Å². The first-order valence-corrected chi connectivity index (χ1v) is 11.5. The summed E-state index contributed by atoms with van der Waals surface area (Å²) >= 11 is 0. The van der Waals surface area contributed by atoms with Crippen molar-refractivity contribution in [1.82, 2.24) is 5.43 Å². The lowest BCUT2D eigenvalue weighted by Crippen LogP contribution is -2.29. The third-order valence-corrected chi connectivity index (χ3v) is 5.78. The van der Waals surface area contributed by atoms with E-state index in [1.165, 1.54) is 30.5 Å². The van der Waals surface area contributed by atoms with Crippen molar-refractivity contribution in [3.8, 4) is 5.75 Å². The van der Waals surface area contributed by atoms with Gasteiger partial charge in [-0.1, -0.05) is 50.8 Å². The lowest BCUT2D eigenvalue weighted by molar-refractivity contribution is -0.121. The van der Waals surface area contributed by atoms with Crippen LogP contribution in [0.15, 0.2) is 47.6 Å². The van der Waals surface area contributed by atoms with Crippen molar-refractivity contribution in [2.75, 3.05) is 18.6 Å². The van der Waals surface area contributed by atoms with Gasteiger partial charge in [0.2, 0.25) is 5.91 Å². The van der Waals surface area contributed by atoms with Gasteiger partial charge in [0.1, 0.15) is 5.75 Å². The molecule has 0 aliphatic carbocycles. The van der Waals surface area contributed by atoms with Crippen LogP contribution >= 0.6 is 0 Å². The number of amides is 1. The van der Waals surface area contributed by atoms with Crippen LogP contribution in [0.2, 0.25) is 0 Å². The molecule has 5 heteroatoms. The molecule has 166 valence electrons. The number of hydrogen-bond acceptors (Lipinski definition) is 4. The van der Waals surface area contributed by atoms with Crippen molar-refractivity contribution in [3.63, 3.8) is 0 Å². The molecule has 3 rings (SSSR count). The van der Waals surface area contributed by atoms with Crippen LogP contribution in [-0.4, -0.2) is 25.8 Å². The molecular formula is C26H35N3O2. The number of rotatable bonds is 11. The van der Waals surface area contributed by atoms with Gasteiger partial charge in [0.25, 0.3) is 0 Å². The molecule has 1 amide bonds. The summed E-state index contributed by atoms with van der Waals surface area (Å²) in [7, 11) is 1.71. The Labute approximate surface area is 186 Å². The van der Waals surface area contributed by atoms with Gasteiger partial charge < -0.3 is 9.64 Å². The second-order valence-electron chi connectivity index (χ2n) is 8.18. The smallest absolute Gasteiger partial charge is 0.240 e. The molecule has 0 radical (unpaired) electrons. The highest BCUT2D eigenvalue weighted by Crippen LogP contribution is 2.30. The summed E-state index contributed by atoms with van der Waals surface area (Å²) in [6.45, 7) is 4.01. The van der Waals surface area contributed by atoms with Crippen LogP contribution in [0.5, 0.6) is 5.75 Å². The van der Waals surface area contributed by atoms with Gasteiger partial charge in [-0.05, 0) is 54.7 Å². The number of fused-ring (bicyclic) bond motifs is 1. The van der Waals surface area contributed by atoms with Crippen molar-refractivity contribution in [2.24, 2.45) is 5.10 Å². The monoisotopic (exact) mass is 421 g/mol. The molecule has 0 aromatic heterocycles. The molecule has 0 unspecified atom stereocenters. The molecule has 2 aromatic rings. The quantitative estimate of drug-likeness (QED) is 0.298. The number of anilines is 1. The number of unbranched alkanes of at least 4 members (excludes halogenated alkanes) is 4. The maximum absolute atomic E-state index is 12.0. The fourth-order valence-electron chi connectivity index (χ4n) is 4.11. The van der Waals surface area contributed by atoms with E-state index in [-0.39, 0.29) is 5.91 Å². The molecule has 0 bridgehead atoms. The van der Waals surface area contributed by atoms with E-state index in [0.29, 0.717) is 6.42 Å². The molecule has 0 spiro atoms. The molecular weight excluding hydrogens is 386 g/mol. The number of aryl methyl sites for hydroxylation is 1. The summed E-state index contributed by atoms with van der Waals surface area (Å²) in [6.07, 6.45) is 10.2. The van der Waals surface area contributed by atoms with Gasteiger partial charge in [-0.15, -0.1) is 0 Å². The summed E-state index contributed by atoms with van der Waals surface area (Å²) < 4.78 is 5.60. The predicted octanol–water partition coefficient (Wildman–Crippen LogP) is 5.46. The number of hydrazone groups is 1. The fourth-order valence-corrected chi connectivity index (χ4v) is 4.11. The van der Waals surface area contributed by atoms with Gasteiger partial charge in [0, 0.05) is 30.8 Å². The van der Waals surface area contributed by atoms with Gasteiger partial charge in [0.15, 0.2) is 0 Å². The van der Waals surface area contributed by atoms with Crippen LogP contribution in [0, 0.1) is 0 Å². The maximum Gasteiger partial charge on any atom is 0.240 e. The van der Waals surface area contributed by atoms with Crippen LogP contribution in [0.4, 0.5) is 5.69 Å². The Balaban J connectivity index is 1.59. The van der Waals surface area contributed by atoms with Gasteiger partial charge in [-0.3, -0.25) is 4.79 Å².